The second kappa shape index (κ2) is 8.12. The van der Waals surface area contributed by atoms with E-state index in [1.54, 1.807) is 0 Å². The minimum atomic E-state index is -0.687. The fourth-order valence-electron chi connectivity index (χ4n) is 2.00. The third-order valence-electron chi connectivity index (χ3n) is 3.11. The van der Waals surface area contributed by atoms with Crippen LogP contribution >= 0.6 is 0 Å². The normalized spacial score (nSPS) is 10.2. The zero-order valence-corrected chi connectivity index (χ0v) is 12.7. The van der Waals surface area contributed by atoms with Crippen LogP contribution in [0.4, 0.5) is 19.3 Å². The first-order chi connectivity index (χ1) is 11.1. The largest absolute Gasteiger partial charge is 0.494 e. The average Bonchev–Trinajstić information content (AvgIpc) is 2.53. The summed E-state index contributed by atoms with van der Waals surface area (Å²) in [6.07, 6.45) is 0.617. The SMILES string of the molecule is CCOc1ccc(CCNC(=O)Nc2cc(F)ccc2F)cc1. The fourth-order valence-corrected chi connectivity index (χ4v) is 2.00. The molecule has 0 aliphatic rings. The molecule has 0 aromatic heterocycles. The zero-order valence-electron chi connectivity index (χ0n) is 12.7. The first kappa shape index (κ1) is 16.7. The summed E-state index contributed by atoms with van der Waals surface area (Å²) in [5.41, 5.74) is 0.842. The number of carbonyl (C=O) groups is 1. The summed E-state index contributed by atoms with van der Waals surface area (Å²) in [5, 5.41) is 4.87. The molecule has 0 saturated heterocycles. The third-order valence-corrected chi connectivity index (χ3v) is 3.11. The Hall–Kier alpha value is -2.63. The molecule has 122 valence electrons. The van der Waals surface area contributed by atoms with Crippen LogP contribution in [0.15, 0.2) is 42.5 Å². The molecule has 0 aliphatic carbocycles. The van der Waals surface area contributed by atoms with E-state index in [0.29, 0.717) is 19.6 Å². The van der Waals surface area contributed by atoms with Crippen LogP contribution in [0.1, 0.15) is 12.5 Å². The average molecular weight is 320 g/mol. The number of urea groups is 1. The Morgan fingerprint density at radius 2 is 1.87 bits per heavy atom. The van der Waals surface area contributed by atoms with E-state index in [1.165, 1.54) is 0 Å². The Morgan fingerprint density at radius 3 is 2.57 bits per heavy atom. The smallest absolute Gasteiger partial charge is 0.319 e. The molecule has 0 aliphatic heterocycles. The fraction of sp³-hybridized carbons (Fsp3) is 0.235. The van der Waals surface area contributed by atoms with Gasteiger partial charge in [0.15, 0.2) is 0 Å². The van der Waals surface area contributed by atoms with E-state index in [9.17, 15) is 13.6 Å². The molecule has 0 radical (unpaired) electrons. The Balaban J connectivity index is 1.79. The van der Waals surface area contributed by atoms with Crippen molar-refractivity contribution in [3.05, 3.63) is 59.7 Å². The molecule has 2 N–H and O–H groups in total. The van der Waals surface area contributed by atoms with Gasteiger partial charge in [-0.2, -0.15) is 0 Å². The molecule has 2 aromatic carbocycles. The van der Waals surface area contributed by atoms with Crippen molar-refractivity contribution in [2.24, 2.45) is 0 Å². The minimum absolute atomic E-state index is 0.191. The van der Waals surface area contributed by atoms with Crippen LogP contribution in [0.25, 0.3) is 0 Å². The summed E-state index contributed by atoms with van der Waals surface area (Å²) in [6, 6.07) is 9.85. The van der Waals surface area contributed by atoms with E-state index in [-0.39, 0.29) is 5.69 Å². The van der Waals surface area contributed by atoms with E-state index in [0.717, 1.165) is 29.5 Å². The van der Waals surface area contributed by atoms with Gasteiger partial charge in [0, 0.05) is 12.6 Å². The van der Waals surface area contributed by atoms with Crippen molar-refractivity contribution in [1.29, 1.82) is 0 Å². The predicted octanol–water partition coefficient (Wildman–Crippen LogP) is 3.73. The summed E-state index contributed by atoms with van der Waals surface area (Å²) in [6.45, 7) is 2.90. The van der Waals surface area contributed by atoms with Gasteiger partial charge in [0.1, 0.15) is 17.4 Å². The molecule has 0 fully saturated rings. The first-order valence-corrected chi connectivity index (χ1v) is 7.30. The maximum absolute atomic E-state index is 13.4. The van der Waals surface area contributed by atoms with E-state index >= 15 is 0 Å². The number of benzene rings is 2. The van der Waals surface area contributed by atoms with Gasteiger partial charge in [0.2, 0.25) is 0 Å². The molecule has 2 aromatic rings. The van der Waals surface area contributed by atoms with Crippen molar-refractivity contribution in [2.75, 3.05) is 18.5 Å². The van der Waals surface area contributed by atoms with Gasteiger partial charge in [-0.05, 0) is 43.2 Å². The highest BCUT2D eigenvalue weighted by Gasteiger charge is 2.07. The van der Waals surface area contributed by atoms with Crippen molar-refractivity contribution in [1.82, 2.24) is 5.32 Å². The van der Waals surface area contributed by atoms with Gasteiger partial charge in [-0.15, -0.1) is 0 Å². The predicted molar refractivity (Wildman–Crippen MR) is 84.7 cm³/mol. The molecule has 0 atom stereocenters. The molecular weight excluding hydrogens is 302 g/mol. The summed E-state index contributed by atoms with van der Waals surface area (Å²) in [7, 11) is 0. The number of anilines is 1. The van der Waals surface area contributed by atoms with Crippen molar-refractivity contribution in [3.63, 3.8) is 0 Å². The highest BCUT2D eigenvalue weighted by molar-refractivity contribution is 5.89. The van der Waals surface area contributed by atoms with Crippen LogP contribution in [0.3, 0.4) is 0 Å². The Kier molecular flexibility index (Phi) is 5.91. The Morgan fingerprint density at radius 1 is 1.13 bits per heavy atom. The highest BCUT2D eigenvalue weighted by atomic mass is 19.1. The zero-order chi connectivity index (χ0) is 16.7. The molecule has 0 heterocycles. The summed E-state index contributed by atoms with van der Waals surface area (Å²) < 4.78 is 31.8. The van der Waals surface area contributed by atoms with E-state index in [4.69, 9.17) is 4.74 Å². The molecule has 23 heavy (non-hydrogen) atoms. The Bertz CT molecular complexity index is 660. The van der Waals surface area contributed by atoms with E-state index in [1.807, 2.05) is 31.2 Å². The first-order valence-electron chi connectivity index (χ1n) is 7.30. The van der Waals surface area contributed by atoms with Crippen LogP contribution in [-0.2, 0) is 6.42 Å². The third kappa shape index (κ3) is 5.25. The lowest BCUT2D eigenvalue weighted by Gasteiger charge is -2.09. The number of nitrogens with one attached hydrogen (secondary N) is 2. The number of hydrogen-bond donors (Lipinski definition) is 2. The van der Waals surface area contributed by atoms with Gasteiger partial charge in [-0.25, -0.2) is 13.6 Å². The van der Waals surface area contributed by atoms with E-state index in [2.05, 4.69) is 10.6 Å². The van der Waals surface area contributed by atoms with Gasteiger partial charge < -0.3 is 15.4 Å². The molecular formula is C17H18F2N2O2. The summed E-state index contributed by atoms with van der Waals surface area (Å²) in [4.78, 5) is 11.7. The second-order valence-corrected chi connectivity index (χ2v) is 4.83. The van der Waals surface area contributed by atoms with Gasteiger partial charge in [0.25, 0.3) is 0 Å². The van der Waals surface area contributed by atoms with Crippen molar-refractivity contribution < 1.29 is 18.3 Å². The molecule has 6 heteroatoms. The number of halogens is 2. The monoisotopic (exact) mass is 320 g/mol. The Labute approximate surface area is 133 Å². The number of rotatable bonds is 6. The van der Waals surface area contributed by atoms with Crippen molar-refractivity contribution in [3.8, 4) is 5.75 Å². The highest BCUT2D eigenvalue weighted by Crippen LogP contribution is 2.15. The minimum Gasteiger partial charge on any atom is -0.494 e. The van der Waals surface area contributed by atoms with Gasteiger partial charge in [0.05, 0.1) is 12.3 Å². The van der Waals surface area contributed by atoms with Gasteiger partial charge in [-0.1, -0.05) is 12.1 Å². The molecule has 4 nitrogen and oxygen atoms in total. The van der Waals surface area contributed by atoms with Crippen LogP contribution in [0.5, 0.6) is 5.75 Å². The van der Waals surface area contributed by atoms with Gasteiger partial charge >= 0.3 is 6.03 Å². The van der Waals surface area contributed by atoms with E-state index < -0.39 is 17.7 Å². The lowest BCUT2D eigenvalue weighted by molar-refractivity contribution is 0.252. The number of hydrogen-bond acceptors (Lipinski definition) is 2. The molecule has 0 spiro atoms. The van der Waals surface area contributed by atoms with Crippen LogP contribution in [0, 0.1) is 11.6 Å². The summed E-state index contributed by atoms with van der Waals surface area (Å²) in [5.74, 6) is -0.507. The lowest BCUT2D eigenvalue weighted by Crippen LogP contribution is -2.30. The quantitative estimate of drug-likeness (QED) is 0.852. The number of ether oxygens (including phenoxy) is 1. The molecule has 0 bridgehead atoms. The standard InChI is InChI=1S/C17H18F2N2O2/c1-2-23-14-6-3-12(4-7-14)9-10-20-17(22)21-16-11-13(18)5-8-15(16)19/h3-8,11H,2,9-10H2,1H3,(H2,20,21,22). The molecule has 2 rings (SSSR count). The molecule has 0 unspecified atom stereocenters. The van der Waals surface area contributed by atoms with Crippen LogP contribution in [0.2, 0.25) is 0 Å². The molecule has 0 saturated carbocycles. The number of carbonyl (C=O) groups excluding carboxylic acids is 1. The van der Waals surface area contributed by atoms with Crippen molar-refractivity contribution in [2.45, 2.75) is 13.3 Å². The van der Waals surface area contributed by atoms with Crippen molar-refractivity contribution >= 4 is 11.7 Å². The second-order valence-electron chi connectivity index (χ2n) is 4.83. The lowest BCUT2D eigenvalue weighted by atomic mass is 10.1. The van der Waals surface area contributed by atoms with Crippen LogP contribution < -0.4 is 15.4 Å². The maximum Gasteiger partial charge on any atom is 0.319 e. The topological polar surface area (TPSA) is 50.4 Å². The molecule has 2 amide bonds. The maximum atomic E-state index is 13.4. The van der Waals surface area contributed by atoms with Crippen LogP contribution in [-0.4, -0.2) is 19.2 Å². The summed E-state index contributed by atoms with van der Waals surface area (Å²) >= 11 is 0. The number of amides is 2. The van der Waals surface area contributed by atoms with Gasteiger partial charge in [-0.3, -0.25) is 0 Å².